The predicted molar refractivity (Wildman–Crippen MR) is 280 cm³/mol. The average Bonchev–Trinajstić information content (AvgIpc) is 3.42. The number of nitrogens with two attached hydrogens (primary N) is 1. The van der Waals surface area contributed by atoms with E-state index in [9.17, 15) is 88.2 Å². The largest absolute Gasteiger partial charge is 0.478 e. The number of aryl methyl sites for hydroxylation is 1. The van der Waals surface area contributed by atoms with E-state index in [0.29, 0.717) is 18.2 Å². The normalized spacial score (nSPS) is 10.5. The van der Waals surface area contributed by atoms with Gasteiger partial charge in [0.1, 0.15) is 11.5 Å². The van der Waals surface area contributed by atoms with Gasteiger partial charge in [-0.2, -0.15) is 0 Å². The van der Waals surface area contributed by atoms with Gasteiger partial charge in [0, 0.05) is 28.4 Å². The van der Waals surface area contributed by atoms with Gasteiger partial charge in [-0.25, -0.2) is 28.8 Å². The molecule has 0 fully saturated rings. The van der Waals surface area contributed by atoms with Gasteiger partial charge >= 0.3 is 35.8 Å². The Bertz CT molecular complexity index is 3820. The van der Waals surface area contributed by atoms with Crippen molar-refractivity contribution in [3.05, 3.63) is 206 Å². The van der Waals surface area contributed by atoms with Crippen LogP contribution in [0.25, 0.3) is 0 Å². The summed E-state index contributed by atoms with van der Waals surface area (Å²) in [6, 6.07) is 26.7. The first-order valence-electron chi connectivity index (χ1n) is 22.7. The quantitative estimate of drug-likeness (QED) is 0.0377. The summed E-state index contributed by atoms with van der Waals surface area (Å²) < 4.78 is 5.81. The Morgan fingerprint density at radius 1 is 0.312 bits per heavy atom. The molecule has 7 aromatic rings. The molecule has 0 radical (unpaired) electrons. The van der Waals surface area contributed by atoms with Gasteiger partial charge in [0.05, 0.1) is 66.8 Å². The van der Waals surface area contributed by atoms with Crippen LogP contribution in [-0.2, 0) is 0 Å². The topological polar surface area (TPSA) is 422 Å². The Hall–Kier alpha value is -12.0. The van der Waals surface area contributed by atoms with Crippen molar-refractivity contribution in [1.82, 2.24) is 0 Å². The van der Waals surface area contributed by atoms with Gasteiger partial charge in [0.2, 0.25) is 5.91 Å². The number of anilines is 5. The monoisotopic (exact) mass is 1090 g/mol. The number of carboxylic acids is 6. The zero-order valence-corrected chi connectivity index (χ0v) is 40.8. The molecule has 0 bridgehead atoms. The molecule has 0 aliphatic heterocycles. The van der Waals surface area contributed by atoms with E-state index in [-0.39, 0.29) is 39.9 Å². The Balaban J connectivity index is 1.05. The second-order valence-corrected chi connectivity index (χ2v) is 16.9. The first kappa shape index (κ1) is 55.7. The lowest BCUT2D eigenvalue weighted by molar-refractivity contribution is 0.0673. The molecule has 0 saturated heterocycles. The molecular formula is C55H38N6O19. The summed E-state index contributed by atoms with van der Waals surface area (Å²) in [5.74, 6) is -16.4. The second-order valence-electron chi connectivity index (χ2n) is 16.9. The van der Waals surface area contributed by atoms with E-state index in [1.54, 1.807) is 19.1 Å². The minimum absolute atomic E-state index is 0.0653. The van der Waals surface area contributed by atoms with E-state index in [0.717, 1.165) is 29.8 Å². The maximum atomic E-state index is 13.8. The third-order valence-corrected chi connectivity index (χ3v) is 11.5. The molecule has 0 saturated carbocycles. The summed E-state index contributed by atoms with van der Waals surface area (Å²) in [7, 11) is 0. The third kappa shape index (κ3) is 12.7. The summed E-state index contributed by atoms with van der Waals surface area (Å²) in [4.78, 5) is 152. The molecule has 0 heterocycles. The molecule has 7 aromatic carbocycles. The molecule has 402 valence electrons. The van der Waals surface area contributed by atoms with Gasteiger partial charge in [-0.1, -0.05) is 23.8 Å². The van der Waals surface area contributed by atoms with Crippen LogP contribution in [0.4, 0.5) is 28.4 Å². The number of amides is 6. The molecule has 0 spiro atoms. The van der Waals surface area contributed by atoms with Crippen molar-refractivity contribution in [3.63, 3.8) is 0 Å². The fraction of sp³-hybridized carbons (Fsp3) is 0.0182. The van der Waals surface area contributed by atoms with E-state index in [2.05, 4.69) is 26.6 Å². The zero-order chi connectivity index (χ0) is 58.3. The van der Waals surface area contributed by atoms with Gasteiger partial charge in [-0.05, 0) is 122 Å². The van der Waals surface area contributed by atoms with Gasteiger partial charge in [-0.15, -0.1) is 0 Å². The minimum Gasteiger partial charge on any atom is -0.478 e. The number of hydrogen-bond acceptors (Lipinski definition) is 13. The molecule has 0 atom stereocenters. The van der Waals surface area contributed by atoms with E-state index in [1.807, 2.05) is 0 Å². The lowest BCUT2D eigenvalue weighted by atomic mass is 9.96. The standard InChI is InChI=1S/C55H38N6O19/c1-24-5-7-25(8-6-24)57-46(64)34-19-36(42(54(76)77)22-40(34)52(72)73)48(66)60-28-3-2-4-29(17-28)61-49(67)37-20-35(41(53(74)75)23-43(37)55(78)79)47(65)59-27-11-15-31(16-12-27)80-30-13-9-26(10-14-30)58-45(63)33-18-32(44(56)62)38(50(68)69)21-39(33)51(70)71/h2-23H,1H3,(H2,56,62)(H,57,64)(H,58,63)(H,59,65)(H,60,66)(H,61,67)(H,68,69)(H,70,71)(H,72,73)(H,74,75)(H,76,77)(H,78,79). The summed E-state index contributed by atoms with van der Waals surface area (Å²) >= 11 is 0. The smallest absolute Gasteiger partial charge is 0.336 e. The molecule has 7 rings (SSSR count). The summed E-state index contributed by atoms with van der Waals surface area (Å²) in [5, 5.41) is 71.1. The van der Waals surface area contributed by atoms with Crippen LogP contribution < -0.4 is 37.1 Å². The fourth-order valence-electron chi connectivity index (χ4n) is 7.66. The van der Waals surface area contributed by atoms with Gasteiger partial charge in [0.15, 0.2) is 0 Å². The van der Waals surface area contributed by atoms with Crippen molar-refractivity contribution >= 4 is 99.7 Å². The molecule has 25 nitrogen and oxygen atoms in total. The van der Waals surface area contributed by atoms with E-state index in [4.69, 9.17) is 10.5 Å². The van der Waals surface area contributed by atoms with Crippen molar-refractivity contribution in [1.29, 1.82) is 0 Å². The van der Waals surface area contributed by atoms with Gasteiger partial charge in [-0.3, -0.25) is 28.8 Å². The highest BCUT2D eigenvalue weighted by atomic mass is 16.5. The highest BCUT2D eigenvalue weighted by molar-refractivity contribution is 6.19. The Morgan fingerprint density at radius 2 is 0.550 bits per heavy atom. The van der Waals surface area contributed by atoms with Crippen molar-refractivity contribution in [2.45, 2.75) is 6.92 Å². The highest BCUT2D eigenvalue weighted by Crippen LogP contribution is 2.29. The van der Waals surface area contributed by atoms with Crippen LogP contribution in [0, 0.1) is 6.92 Å². The Morgan fingerprint density at radius 3 is 0.825 bits per heavy atom. The van der Waals surface area contributed by atoms with E-state index in [1.165, 1.54) is 78.9 Å². The highest BCUT2D eigenvalue weighted by Gasteiger charge is 2.29. The number of rotatable bonds is 19. The van der Waals surface area contributed by atoms with E-state index >= 15 is 0 Å². The maximum Gasteiger partial charge on any atom is 0.336 e. The number of benzene rings is 7. The van der Waals surface area contributed by atoms with Crippen LogP contribution in [0.5, 0.6) is 11.5 Å². The Labute approximate surface area is 447 Å². The van der Waals surface area contributed by atoms with Crippen molar-refractivity contribution in [2.75, 3.05) is 26.6 Å². The Kier molecular flexibility index (Phi) is 16.2. The number of nitrogens with one attached hydrogen (secondary N) is 5. The molecule has 13 N–H and O–H groups in total. The SMILES string of the molecule is Cc1ccc(NC(=O)c2cc(C(=O)Nc3cccc(NC(=O)c4cc(C(=O)Nc5ccc(Oc6ccc(NC(=O)c7cc(C(N)=O)c(C(=O)O)cc7C(=O)O)cc6)cc5)c(C(=O)O)cc4C(=O)O)c3)c(C(=O)O)cc2C(=O)O)cc1. The van der Waals surface area contributed by atoms with Crippen molar-refractivity contribution < 1.29 is 92.9 Å². The van der Waals surface area contributed by atoms with Crippen LogP contribution in [0.15, 0.2) is 133 Å². The predicted octanol–water partition coefficient (Wildman–Crippen LogP) is 7.34. The number of hydrogen-bond donors (Lipinski definition) is 12. The van der Waals surface area contributed by atoms with Crippen LogP contribution in [-0.4, -0.2) is 102 Å². The second kappa shape index (κ2) is 23.3. The molecule has 25 heteroatoms. The molecule has 6 amide bonds. The average molecular weight is 1090 g/mol. The maximum absolute atomic E-state index is 13.8. The molecule has 0 aromatic heterocycles. The summed E-state index contributed by atoms with van der Waals surface area (Å²) in [6.07, 6.45) is 0. The number of carbonyl (C=O) groups excluding carboxylic acids is 6. The number of carboxylic acid groups (broad SMARTS) is 6. The van der Waals surface area contributed by atoms with Gasteiger partial charge < -0.3 is 67.7 Å². The number of carbonyl (C=O) groups is 12. The molecular weight excluding hydrogens is 1050 g/mol. The summed E-state index contributed by atoms with van der Waals surface area (Å²) in [5.41, 5.74) is -1.87. The first-order chi connectivity index (χ1) is 37.9. The van der Waals surface area contributed by atoms with Crippen LogP contribution in [0.1, 0.15) is 130 Å². The summed E-state index contributed by atoms with van der Waals surface area (Å²) in [6.45, 7) is 1.79. The van der Waals surface area contributed by atoms with Gasteiger partial charge in [0.25, 0.3) is 29.5 Å². The van der Waals surface area contributed by atoms with Crippen molar-refractivity contribution in [2.24, 2.45) is 5.73 Å². The zero-order valence-electron chi connectivity index (χ0n) is 40.8. The lowest BCUT2D eigenvalue weighted by Crippen LogP contribution is -2.23. The van der Waals surface area contributed by atoms with Crippen LogP contribution in [0.3, 0.4) is 0 Å². The minimum atomic E-state index is -1.75. The molecule has 0 unspecified atom stereocenters. The van der Waals surface area contributed by atoms with Crippen LogP contribution >= 0.6 is 0 Å². The number of ether oxygens (including phenoxy) is 1. The molecule has 80 heavy (non-hydrogen) atoms. The first-order valence-corrected chi connectivity index (χ1v) is 22.7. The molecule has 0 aliphatic carbocycles. The number of primary amides is 1. The third-order valence-electron chi connectivity index (χ3n) is 11.5. The van der Waals surface area contributed by atoms with E-state index < -0.39 is 138 Å². The number of aromatic carboxylic acids is 6. The fourth-order valence-corrected chi connectivity index (χ4v) is 7.66. The van der Waals surface area contributed by atoms with Crippen LogP contribution in [0.2, 0.25) is 0 Å². The molecule has 0 aliphatic rings. The van der Waals surface area contributed by atoms with Crippen molar-refractivity contribution in [3.8, 4) is 11.5 Å². The lowest BCUT2D eigenvalue weighted by Gasteiger charge is -2.15.